The largest absolute Gasteiger partial charge is 0.508 e. The van der Waals surface area contributed by atoms with E-state index in [1.165, 1.54) is 36.4 Å². The number of hydrogen-bond donors (Lipinski definition) is 4. The number of amides is 1. The maximum Gasteiger partial charge on any atom is 0.224 e. The van der Waals surface area contributed by atoms with Crippen LogP contribution in [-0.2, 0) is 11.2 Å². The average molecular weight is 374 g/mol. The molecule has 7 heteroatoms. The molecular formula is C20H23N3O4. The fourth-order valence-corrected chi connectivity index (χ4v) is 2.05. The Kier molecular flexibility index (Phi) is 5.62. The molecule has 0 heterocycles. The first kappa shape index (κ1) is 14.0. The van der Waals surface area contributed by atoms with E-state index in [9.17, 15) is 15.0 Å². The van der Waals surface area contributed by atoms with E-state index < -0.39 is 19.1 Å². The van der Waals surface area contributed by atoms with Crippen molar-refractivity contribution in [3.05, 3.63) is 59.7 Å². The van der Waals surface area contributed by atoms with Gasteiger partial charge in [0.05, 0.1) is 16.1 Å². The Hall–Kier alpha value is -3.08. The Morgan fingerprint density at radius 2 is 2.00 bits per heavy atom. The number of carbonyl (C=O) groups excluding carboxylic acids is 1. The molecule has 0 aliphatic heterocycles. The van der Waals surface area contributed by atoms with Crippen molar-refractivity contribution in [2.75, 3.05) is 26.1 Å². The highest BCUT2D eigenvalue weighted by Gasteiger charge is 2.08. The molecule has 0 fully saturated rings. The van der Waals surface area contributed by atoms with Gasteiger partial charge in [-0.15, -0.1) is 0 Å². The van der Waals surface area contributed by atoms with Crippen molar-refractivity contribution in [1.82, 2.24) is 10.6 Å². The van der Waals surface area contributed by atoms with E-state index in [4.69, 9.17) is 16.9 Å². The SMILES string of the molecule is [2H]C([2H])(NCCNC(=O)Cc1ccc(O)cc1)C([2H])(O)C([2H])([2H])Oc1ccccc1C#N. The lowest BCUT2D eigenvalue weighted by atomic mass is 10.1. The van der Waals surface area contributed by atoms with Crippen LogP contribution in [0.15, 0.2) is 48.5 Å². The van der Waals surface area contributed by atoms with Crippen molar-refractivity contribution in [2.45, 2.75) is 12.5 Å². The van der Waals surface area contributed by atoms with Gasteiger partial charge in [0.25, 0.3) is 0 Å². The smallest absolute Gasteiger partial charge is 0.224 e. The summed E-state index contributed by atoms with van der Waals surface area (Å²) in [6.45, 7) is -6.51. The molecule has 0 aromatic heterocycles. The van der Waals surface area contributed by atoms with E-state index in [1.807, 2.05) is 0 Å². The van der Waals surface area contributed by atoms with Gasteiger partial charge in [-0.2, -0.15) is 5.26 Å². The van der Waals surface area contributed by atoms with Gasteiger partial charge in [0, 0.05) is 22.3 Å². The summed E-state index contributed by atoms with van der Waals surface area (Å²) >= 11 is 0. The number of benzene rings is 2. The molecule has 0 radical (unpaired) electrons. The van der Waals surface area contributed by atoms with Gasteiger partial charge in [-0.1, -0.05) is 24.3 Å². The van der Waals surface area contributed by atoms with Crippen LogP contribution in [-0.4, -0.2) is 48.3 Å². The molecule has 2 aromatic carbocycles. The molecule has 142 valence electrons. The van der Waals surface area contributed by atoms with Crippen LogP contribution < -0.4 is 15.4 Å². The third kappa shape index (κ3) is 7.36. The van der Waals surface area contributed by atoms with Crippen LogP contribution in [0.4, 0.5) is 0 Å². The molecule has 0 saturated carbocycles. The van der Waals surface area contributed by atoms with Crippen molar-refractivity contribution in [1.29, 1.82) is 5.26 Å². The highest BCUT2D eigenvalue weighted by Crippen LogP contribution is 2.16. The fraction of sp³-hybridized carbons (Fsp3) is 0.300. The van der Waals surface area contributed by atoms with Crippen molar-refractivity contribution >= 4 is 5.91 Å². The van der Waals surface area contributed by atoms with Gasteiger partial charge in [-0.25, -0.2) is 0 Å². The average Bonchev–Trinajstić information content (AvgIpc) is 2.73. The predicted molar refractivity (Wildman–Crippen MR) is 100 cm³/mol. The third-order valence-corrected chi connectivity index (χ3v) is 3.35. The van der Waals surface area contributed by atoms with Gasteiger partial charge in [0.1, 0.15) is 30.2 Å². The van der Waals surface area contributed by atoms with Gasteiger partial charge in [-0.3, -0.25) is 4.79 Å². The molecule has 1 amide bonds. The van der Waals surface area contributed by atoms with E-state index in [0.717, 1.165) is 0 Å². The summed E-state index contributed by atoms with van der Waals surface area (Å²) in [4.78, 5) is 12.0. The summed E-state index contributed by atoms with van der Waals surface area (Å²) in [5.74, 6) is -0.544. The molecular weight excluding hydrogens is 346 g/mol. The lowest BCUT2D eigenvalue weighted by molar-refractivity contribution is -0.120. The molecule has 1 unspecified atom stereocenters. The van der Waals surface area contributed by atoms with Crippen LogP contribution in [0.3, 0.4) is 0 Å². The minimum atomic E-state index is -3.42. The fourth-order valence-electron chi connectivity index (χ4n) is 2.05. The first-order valence-corrected chi connectivity index (χ1v) is 8.10. The summed E-state index contributed by atoms with van der Waals surface area (Å²) in [7, 11) is 0. The van der Waals surface area contributed by atoms with Crippen LogP contribution >= 0.6 is 0 Å². The second-order valence-corrected chi connectivity index (χ2v) is 5.41. The number of phenolic OH excluding ortho intramolecular Hbond substituents is 1. The lowest BCUT2D eigenvalue weighted by Crippen LogP contribution is -2.37. The Balaban J connectivity index is 1.93. The number of nitrogens with one attached hydrogen (secondary N) is 2. The van der Waals surface area contributed by atoms with Gasteiger partial charge >= 0.3 is 0 Å². The molecule has 0 bridgehead atoms. The molecule has 0 aliphatic carbocycles. The number of para-hydroxylation sites is 1. The van der Waals surface area contributed by atoms with Gasteiger partial charge in [0.2, 0.25) is 5.91 Å². The number of ether oxygens (including phenoxy) is 1. The zero-order valence-corrected chi connectivity index (χ0v) is 14.4. The Bertz CT molecular complexity index is 978. The van der Waals surface area contributed by atoms with E-state index in [2.05, 4.69) is 10.6 Å². The molecule has 4 N–H and O–H groups in total. The number of aromatic hydroxyl groups is 1. The minimum Gasteiger partial charge on any atom is -0.508 e. The molecule has 27 heavy (non-hydrogen) atoms. The summed E-state index contributed by atoms with van der Waals surface area (Å²) in [6.07, 6.45) is -3.39. The normalized spacial score (nSPS) is 16.4. The summed E-state index contributed by atoms with van der Waals surface area (Å²) in [5.41, 5.74) is 0.615. The second-order valence-electron chi connectivity index (χ2n) is 5.41. The molecule has 0 saturated heterocycles. The number of phenols is 1. The molecule has 2 aromatic rings. The van der Waals surface area contributed by atoms with Crippen molar-refractivity contribution in [3.63, 3.8) is 0 Å². The first-order chi connectivity index (χ1) is 14.9. The standard InChI is InChI=1S/C20H23N3O4/c21-12-16-3-1-2-4-19(16)27-14-18(25)13-22-9-10-23-20(26)11-15-5-7-17(24)8-6-15/h1-8,18,22,24-25H,9-11,13-14H2,(H,23,26)/i13D2,14D2,18D. The Morgan fingerprint density at radius 1 is 1.26 bits per heavy atom. The predicted octanol–water partition coefficient (Wildman–Crippen LogP) is 0.952. The van der Waals surface area contributed by atoms with Gasteiger partial charge in [-0.05, 0) is 29.8 Å². The maximum absolute atomic E-state index is 12.0. The summed E-state index contributed by atoms with van der Waals surface area (Å²) in [6, 6.07) is 13.4. The van der Waals surface area contributed by atoms with Gasteiger partial charge < -0.3 is 25.6 Å². The van der Waals surface area contributed by atoms with Crippen LogP contribution in [0.5, 0.6) is 11.5 Å². The number of nitrogens with zero attached hydrogens (tertiary/aromatic N) is 1. The van der Waals surface area contributed by atoms with Crippen LogP contribution in [0.25, 0.3) is 0 Å². The third-order valence-electron chi connectivity index (χ3n) is 3.35. The zero-order chi connectivity index (χ0) is 24.0. The summed E-state index contributed by atoms with van der Waals surface area (Å²) in [5, 5.41) is 33.4. The van der Waals surface area contributed by atoms with Crippen molar-refractivity contribution < 1.29 is 26.6 Å². The van der Waals surface area contributed by atoms with Crippen molar-refractivity contribution in [2.24, 2.45) is 0 Å². The van der Waals surface area contributed by atoms with E-state index in [0.29, 0.717) is 5.56 Å². The van der Waals surface area contributed by atoms with Crippen LogP contribution in [0, 0.1) is 11.3 Å². The molecule has 0 aliphatic rings. The van der Waals surface area contributed by atoms with Crippen molar-refractivity contribution in [3.8, 4) is 17.6 Å². The maximum atomic E-state index is 12.0. The summed E-state index contributed by atoms with van der Waals surface area (Å²) < 4.78 is 44.6. The Morgan fingerprint density at radius 3 is 2.74 bits per heavy atom. The first-order valence-electron chi connectivity index (χ1n) is 10.6. The topological polar surface area (TPSA) is 115 Å². The number of aliphatic hydroxyl groups is 1. The monoisotopic (exact) mass is 374 g/mol. The number of rotatable bonds is 10. The minimum absolute atomic E-state index is 0.0320. The van der Waals surface area contributed by atoms with E-state index >= 15 is 0 Å². The Labute approximate surface area is 165 Å². The highest BCUT2D eigenvalue weighted by atomic mass is 16.5. The lowest BCUT2D eigenvalue weighted by Gasteiger charge is -2.14. The molecule has 2 rings (SSSR count). The van der Waals surface area contributed by atoms with E-state index in [-0.39, 0.29) is 42.5 Å². The molecule has 7 nitrogen and oxygen atoms in total. The van der Waals surface area contributed by atoms with Crippen LogP contribution in [0.2, 0.25) is 0 Å². The van der Waals surface area contributed by atoms with Crippen LogP contribution in [0.1, 0.15) is 18.0 Å². The molecule has 1 atom stereocenters. The zero-order valence-electron chi connectivity index (χ0n) is 19.4. The molecule has 0 spiro atoms. The number of nitriles is 1. The highest BCUT2D eigenvalue weighted by molar-refractivity contribution is 5.78. The van der Waals surface area contributed by atoms with Gasteiger partial charge in [0.15, 0.2) is 0 Å². The number of hydrogen-bond acceptors (Lipinski definition) is 6. The van der Waals surface area contributed by atoms with E-state index in [1.54, 1.807) is 18.2 Å². The second kappa shape index (κ2) is 10.8. The number of carbonyl (C=O) groups is 1. The quantitative estimate of drug-likeness (QED) is 0.461.